The molecule has 3 heteroatoms. The summed E-state index contributed by atoms with van der Waals surface area (Å²) in [5.41, 5.74) is 5.06. The maximum absolute atomic E-state index is 5.78. The molecule has 1 unspecified atom stereocenters. The van der Waals surface area contributed by atoms with Gasteiger partial charge in [-0.05, 0) is 36.5 Å². The molecule has 1 aliphatic heterocycles. The summed E-state index contributed by atoms with van der Waals surface area (Å²) >= 11 is 0. The minimum Gasteiger partial charge on any atom is -0.374 e. The molecular weight excluding hydrogens is 296 g/mol. The standard InChI is InChI=1S/C21H26N2O/c1-3-16(2)24-15-19-6-4-17(5-7-19)14-18-8-10-20(11-9-18)21-22-12-13-23-21/h4-11,16H,3,12-15H2,1-2H3,(H,22,23). The first kappa shape index (κ1) is 16.7. The first-order valence-electron chi connectivity index (χ1n) is 8.81. The molecule has 0 bridgehead atoms. The molecule has 2 aromatic rings. The number of amidine groups is 1. The molecular formula is C21H26N2O. The van der Waals surface area contributed by atoms with Gasteiger partial charge in [-0.1, -0.05) is 55.5 Å². The molecule has 1 atom stereocenters. The van der Waals surface area contributed by atoms with E-state index in [4.69, 9.17) is 4.74 Å². The molecule has 3 rings (SSSR count). The van der Waals surface area contributed by atoms with Crippen LogP contribution in [-0.4, -0.2) is 25.0 Å². The molecule has 0 aliphatic carbocycles. The summed E-state index contributed by atoms with van der Waals surface area (Å²) in [7, 11) is 0. The number of ether oxygens (including phenoxy) is 1. The minimum atomic E-state index is 0.321. The van der Waals surface area contributed by atoms with Crippen LogP contribution in [0, 0.1) is 0 Å². The van der Waals surface area contributed by atoms with Crippen LogP contribution < -0.4 is 5.32 Å². The molecule has 0 saturated heterocycles. The zero-order chi connectivity index (χ0) is 16.8. The van der Waals surface area contributed by atoms with Gasteiger partial charge in [0.15, 0.2) is 0 Å². The Balaban J connectivity index is 1.57. The highest BCUT2D eigenvalue weighted by atomic mass is 16.5. The fourth-order valence-corrected chi connectivity index (χ4v) is 2.72. The molecule has 1 aliphatic rings. The summed E-state index contributed by atoms with van der Waals surface area (Å²) in [6.07, 6.45) is 2.32. The normalized spacial score (nSPS) is 15.0. The van der Waals surface area contributed by atoms with Crippen molar-refractivity contribution in [2.75, 3.05) is 13.1 Å². The second-order valence-corrected chi connectivity index (χ2v) is 6.38. The number of hydrogen-bond acceptors (Lipinski definition) is 3. The Morgan fingerprint density at radius 1 is 1.00 bits per heavy atom. The average Bonchev–Trinajstić information content (AvgIpc) is 3.16. The van der Waals surface area contributed by atoms with Gasteiger partial charge in [0.05, 0.1) is 19.3 Å². The van der Waals surface area contributed by atoms with Crippen molar-refractivity contribution in [2.24, 2.45) is 4.99 Å². The lowest BCUT2D eigenvalue weighted by atomic mass is 10.0. The van der Waals surface area contributed by atoms with Gasteiger partial charge in [0.25, 0.3) is 0 Å². The quantitative estimate of drug-likeness (QED) is 0.837. The van der Waals surface area contributed by atoms with E-state index in [0.717, 1.165) is 31.8 Å². The van der Waals surface area contributed by atoms with Crippen molar-refractivity contribution < 1.29 is 4.74 Å². The van der Waals surface area contributed by atoms with Gasteiger partial charge < -0.3 is 10.1 Å². The molecule has 0 saturated carbocycles. The Hall–Kier alpha value is -2.13. The van der Waals surface area contributed by atoms with E-state index >= 15 is 0 Å². The zero-order valence-corrected chi connectivity index (χ0v) is 14.6. The molecule has 0 fully saturated rings. The highest BCUT2D eigenvalue weighted by Gasteiger charge is 2.07. The third-order valence-corrected chi connectivity index (χ3v) is 4.44. The van der Waals surface area contributed by atoms with Crippen molar-refractivity contribution in [1.82, 2.24) is 5.32 Å². The molecule has 3 nitrogen and oxygen atoms in total. The summed E-state index contributed by atoms with van der Waals surface area (Å²) in [6, 6.07) is 17.4. The lowest BCUT2D eigenvalue weighted by Crippen LogP contribution is -2.19. The maximum atomic E-state index is 5.78. The summed E-state index contributed by atoms with van der Waals surface area (Å²) in [5, 5.41) is 3.31. The van der Waals surface area contributed by atoms with E-state index < -0.39 is 0 Å². The predicted molar refractivity (Wildman–Crippen MR) is 99.6 cm³/mol. The molecule has 0 radical (unpaired) electrons. The van der Waals surface area contributed by atoms with Crippen molar-refractivity contribution in [3.8, 4) is 0 Å². The Morgan fingerprint density at radius 3 is 2.21 bits per heavy atom. The second kappa shape index (κ2) is 8.11. The topological polar surface area (TPSA) is 33.6 Å². The maximum Gasteiger partial charge on any atom is 0.128 e. The van der Waals surface area contributed by atoms with Crippen LogP contribution >= 0.6 is 0 Å². The molecule has 0 aromatic heterocycles. The monoisotopic (exact) mass is 322 g/mol. The van der Waals surface area contributed by atoms with Gasteiger partial charge in [0, 0.05) is 12.1 Å². The number of rotatable bonds is 7. The largest absolute Gasteiger partial charge is 0.374 e. The van der Waals surface area contributed by atoms with Gasteiger partial charge in [-0.15, -0.1) is 0 Å². The number of nitrogens with one attached hydrogen (secondary N) is 1. The Labute approximate surface area is 144 Å². The Morgan fingerprint density at radius 2 is 1.62 bits per heavy atom. The van der Waals surface area contributed by atoms with Gasteiger partial charge in [0.2, 0.25) is 0 Å². The van der Waals surface area contributed by atoms with E-state index in [1.165, 1.54) is 22.3 Å². The SMILES string of the molecule is CCC(C)OCc1ccc(Cc2ccc(C3=NCCN3)cc2)cc1. The van der Waals surface area contributed by atoms with Crippen LogP contribution in [0.4, 0.5) is 0 Å². The third kappa shape index (κ3) is 4.45. The van der Waals surface area contributed by atoms with Gasteiger partial charge in [-0.25, -0.2) is 0 Å². The fourth-order valence-electron chi connectivity index (χ4n) is 2.72. The second-order valence-electron chi connectivity index (χ2n) is 6.38. The van der Waals surface area contributed by atoms with Crippen molar-refractivity contribution in [2.45, 2.75) is 39.4 Å². The van der Waals surface area contributed by atoms with Gasteiger partial charge >= 0.3 is 0 Å². The zero-order valence-electron chi connectivity index (χ0n) is 14.6. The molecule has 24 heavy (non-hydrogen) atoms. The van der Waals surface area contributed by atoms with E-state index in [1.54, 1.807) is 0 Å². The van der Waals surface area contributed by atoms with Crippen LogP contribution in [0.1, 0.15) is 42.5 Å². The van der Waals surface area contributed by atoms with E-state index in [1.807, 2.05) is 0 Å². The van der Waals surface area contributed by atoms with Gasteiger partial charge in [0.1, 0.15) is 5.84 Å². The summed E-state index contributed by atoms with van der Waals surface area (Å²) in [4.78, 5) is 4.46. The smallest absolute Gasteiger partial charge is 0.128 e. The van der Waals surface area contributed by atoms with Crippen LogP contribution in [0.25, 0.3) is 0 Å². The van der Waals surface area contributed by atoms with Crippen LogP contribution in [0.3, 0.4) is 0 Å². The lowest BCUT2D eigenvalue weighted by molar-refractivity contribution is 0.0508. The minimum absolute atomic E-state index is 0.321. The van der Waals surface area contributed by atoms with Crippen molar-refractivity contribution in [3.05, 3.63) is 70.8 Å². The summed E-state index contributed by atoms with van der Waals surface area (Å²) < 4.78 is 5.78. The number of nitrogens with zero attached hydrogens (tertiary/aromatic N) is 1. The van der Waals surface area contributed by atoms with Crippen molar-refractivity contribution >= 4 is 5.84 Å². The van der Waals surface area contributed by atoms with Crippen LogP contribution in [0.15, 0.2) is 53.5 Å². The molecule has 2 aromatic carbocycles. The molecule has 1 N–H and O–H groups in total. The molecule has 126 valence electrons. The first-order valence-corrected chi connectivity index (χ1v) is 8.81. The van der Waals surface area contributed by atoms with E-state index in [-0.39, 0.29) is 0 Å². The van der Waals surface area contributed by atoms with Crippen LogP contribution in [0.5, 0.6) is 0 Å². The van der Waals surface area contributed by atoms with Crippen LogP contribution in [-0.2, 0) is 17.8 Å². The molecule has 0 spiro atoms. The van der Waals surface area contributed by atoms with Crippen molar-refractivity contribution in [1.29, 1.82) is 0 Å². The lowest BCUT2D eigenvalue weighted by Gasteiger charge is -2.11. The van der Waals surface area contributed by atoms with E-state index in [0.29, 0.717) is 12.7 Å². The highest BCUT2D eigenvalue weighted by molar-refractivity contribution is 5.99. The van der Waals surface area contributed by atoms with E-state index in [9.17, 15) is 0 Å². The number of hydrogen-bond donors (Lipinski definition) is 1. The first-order chi connectivity index (χ1) is 11.7. The van der Waals surface area contributed by atoms with Gasteiger partial charge in [-0.2, -0.15) is 0 Å². The number of benzene rings is 2. The molecule has 0 amide bonds. The Bertz CT molecular complexity index is 674. The number of aliphatic imine (C=N–C) groups is 1. The molecule has 1 heterocycles. The average molecular weight is 322 g/mol. The Kier molecular flexibility index (Phi) is 5.65. The van der Waals surface area contributed by atoms with E-state index in [2.05, 4.69) is 72.7 Å². The van der Waals surface area contributed by atoms with Crippen LogP contribution in [0.2, 0.25) is 0 Å². The summed E-state index contributed by atoms with van der Waals surface area (Å²) in [5.74, 6) is 1.02. The third-order valence-electron chi connectivity index (χ3n) is 4.44. The predicted octanol–water partition coefficient (Wildman–Crippen LogP) is 3.94. The fraction of sp³-hybridized carbons (Fsp3) is 0.381. The van der Waals surface area contributed by atoms with Crippen molar-refractivity contribution in [3.63, 3.8) is 0 Å². The van der Waals surface area contributed by atoms with Gasteiger partial charge in [-0.3, -0.25) is 4.99 Å². The summed E-state index contributed by atoms with van der Waals surface area (Å²) in [6.45, 7) is 6.78. The highest BCUT2D eigenvalue weighted by Crippen LogP contribution is 2.14.